The van der Waals surface area contributed by atoms with E-state index in [-0.39, 0.29) is 12.1 Å². The Labute approximate surface area is 112 Å². The maximum Gasteiger partial charge on any atom is 0.339 e. The van der Waals surface area contributed by atoms with Crippen LogP contribution < -0.4 is 0 Å². The second kappa shape index (κ2) is 5.78. The van der Waals surface area contributed by atoms with E-state index in [2.05, 4.69) is 12.6 Å². The van der Waals surface area contributed by atoms with Crippen molar-refractivity contribution in [3.8, 4) is 0 Å². The summed E-state index contributed by atoms with van der Waals surface area (Å²) < 4.78 is 5.46. The molecule has 1 aliphatic rings. The van der Waals surface area contributed by atoms with Gasteiger partial charge in [0.25, 0.3) is 0 Å². The van der Waals surface area contributed by atoms with Gasteiger partial charge in [0.05, 0.1) is 10.6 Å². The van der Waals surface area contributed by atoms with E-state index in [0.717, 1.165) is 25.7 Å². The van der Waals surface area contributed by atoms with Gasteiger partial charge in [-0.2, -0.15) is 0 Å². The van der Waals surface area contributed by atoms with Crippen LogP contribution in [0.2, 0.25) is 5.02 Å². The molecule has 0 unspecified atom stereocenters. The first kappa shape index (κ1) is 12.8. The van der Waals surface area contributed by atoms with Gasteiger partial charge in [0.1, 0.15) is 6.10 Å². The summed E-state index contributed by atoms with van der Waals surface area (Å²) in [6.45, 7) is 0. The van der Waals surface area contributed by atoms with Gasteiger partial charge in [0.2, 0.25) is 0 Å². The lowest BCUT2D eigenvalue weighted by Crippen LogP contribution is -2.21. The molecule has 0 spiro atoms. The molecule has 4 heteroatoms. The minimum absolute atomic E-state index is 0.0518. The summed E-state index contributed by atoms with van der Waals surface area (Å²) in [4.78, 5) is 12.7. The number of rotatable bonds is 2. The van der Waals surface area contributed by atoms with Crippen molar-refractivity contribution >= 4 is 30.2 Å². The molecule has 2 nitrogen and oxygen atoms in total. The molecule has 0 aromatic heterocycles. The number of hydrogen-bond acceptors (Lipinski definition) is 3. The Kier molecular flexibility index (Phi) is 4.35. The van der Waals surface area contributed by atoms with Crippen LogP contribution >= 0.6 is 24.2 Å². The first-order chi connectivity index (χ1) is 8.16. The average Bonchev–Trinajstić information content (AvgIpc) is 2.33. The predicted molar refractivity (Wildman–Crippen MR) is 71.0 cm³/mol. The number of carbonyl (C=O) groups excluding carboxylic acids is 1. The van der Waals surface area contributed by atoms with Gasteiger partial charge < -0.3 is 4.74 Å². The Balaban J connectivity index is 2.05. The molecule has 1 aromatic rings. The Morgan fingerprint density at radius 2 is 2.00 bits per heavy atom. The minimum atomic E-state index is -0.335. The van der Waals surface area contributed by atoms with Gasteiger partial charge in [-0.25, -0.2) is 4.79 Å². The number of ether oxygens (including phenoxy) is 1. The summed E-state index contributed by atoms with van der Waals surface area (Å²) in [7, 11) is 0. The smallest absolute Gasteiger partial charge is 0.339 e. The van der Waals surface area contributed by atoms with Crippen LogP contribution in [0, 0.1) is 0 Å². The third kappa shape index (κ3) is 3.39. The number of thiol groups is 1. The van der Waals surface area contributed by atoms with E-state index in [9.17, 15) is 4.79 Å². The highest BCUT2D eigenvalue weighted by atomic mass is 35.5. The van der Waals surface area contributed by atoms with Crippen molar-refractivity contribution in [1.82, 2.24) is 0 Å². The third-order valence-corrected chi connectivity index (χ3v) is 3.60. The van der Waals surface area contributed by atoms with Crippen molar-refractivity contribution in [2.75, 3.05) is 0 Å². The maximum atomic E-state index is 11.9. The maximum absolute atomic E-state index is 11.9. The van der Waals surface area contributed by atoms with E-state index < -0.39 is 0 Å². The monoisotopic (exact) mass is 270 g/mol. The molecule has 0 amide bonds. The van der Waals surface area contributed by atoms with Crippen LogP contribution in [0.5, 0.6) is 0 Å². The fraction of sp³-hybridized carbons (Fsp3) is 0.462. The van der Waals surface area contributed by atoms with E-state index in [4.69, 9.17) is 16.3 Å². The molecule has 0 radical (unpaired) electrons. The second-order valence-corrected chi connectivity index (χ2v) is 5.25. The van der Waals surface area contributed by atoms with Crippen molar-refractivity contribution in [2.24, 2.45) is 0 Å². The Morgan fingerprint density at radius 1 is 1.29 bits per heavy atom. The zero-order valence-electron chi connectivity index (χ0n) is 9.49. The van der Waals surface area contributed by atoms with Crippen molar-refractivity contribution in [1.29, 1.82) is 0 Å². The minimum Gasteiger partial charge on any atom is -0.459 e. The van der Waals surface area contributed by atoms with Gasteiger partial charge in [-0.3, -0.25) is 0 Å². The van der Waals surface area contributed by atoms with Crippen molar-refractivity contribution in [2.45, 2.75) is 43.1 Å². The number of halogens is 1. The third-order valence-electron chi connectivity index (χ3n) is 3.00. The molecular weight excluding hydrogens is 256 g/mol. The Bertz CT molecular complexity index is 414. The summed E-state index contributed by atoms with van der Waals surface area (Å²) in [6.07, 6.45) is 5.49. The second-order valence-electron chi connectivity index (χ2n) is 4.33. The van der Waals surface area contributed by atoms with Crippen molar-refractivity contribution in [3.05, 3.63) is 28.8 Å². The van der Waals surface area contributed by atoms with Crippen LogP contribution in [-0.2, 0) is 4.74 Å². The first-order valence-electron chi connectivity index (χ1n) is 5.86. The first-order valence-corrected chi connectivity index (χ1v) is 6.69. The summed E-state index contributed by atoms with van der Waals surface area (Å²) in [6, 6.07) is 5.07. The fourth-order valence-electron chi connectivity index (χ4n) is 2.07. The molecule has 1 fully saturated rings. The van der Waals surface area contributed by atoms with Gasteiger partial charge >= 0.3 is 5.97 Å². The molecule has 0 saturated heterocycles. The van der Waals surface area contributed by atoms with Crippen LogP contribution in [0.25, 0.3) is 0 Å². The lowest BCUT2D eigenvalue weighted by atomic mass is 9.98. The zero-order valence-corrected chi connectivity index (χ0v) is 11.1. The molecule has 0 bridgehead atoms. The SMILES string of the molecule is O=C(OC1CCCCC1)c1cc(S)ccc1Cl. The number of carbonyl (C=O) groups is 1. The Hall–Kier alpha value is -0.670. The van der Waals surface area contributed by atoms with Gasteiger partial charge in [0.15, 0.2) is 0 Å². The van der Waals surface area contributed by atoms with E-state index in [1.807, 2.05) is 0 Å². The van der Waals surface area contributed by atoms with Crippen LogP contribution in [0.4, 0.5) is 0 Å². The highest BCUT2D eigenvalue weighted by molar-refractivity contribution is 7.80. The topological polar surface area (TPSA) is 26.3 Å². The van der Waals surface area contributed by atoms with Crippen LogP contribution in [0.1, 0.15) is 42.5 Å². The Morgan fingerprint density at radius 3 is 2.71 bits per heavy atom. The van der Waals surface area contributed by atoms with Gasteiger partial charge in [0, 0.05) is 4.90 Å². The largest absolute Gasteiger partial charge is 0.459 e. The molecule has 0 atom stereocenters. The highest BCUT2D eigenvalue weighted by Crippen LogP contribution is 2.24. The fourth-order valence-corrected chi connectivity index (χ4v) is 2.47. The highest BCUT2D eigenvalue weighted by Gasteiger charge is 2.20. The van der Waals surface area contributed by atoms with Gasteiger partial charge in [-0.1, -0.05) is 18.0 Å². The molecule has 1 aliphatic carbocycles. The molecule has 0 N–H and O–H groups in total. The van der Waals surface area contributed by atoms with Crippen molar-refractivity contribution in [3.63, 3.8) is 0 Å². The standard InChI is InChI=1S/C13H15ClO2S/c14-12-7-6-10(17)8-11(12)13(15)16-9-4-2-1-3-5-9/h6-9,17H,1-5H2. The van der Waals surface area contributed by atoms with Crippen LogP contribution in [-0.4, -0.2) is 12.1 Å². The number of esters is 1. The molecule has 0 heterocycles. The van der Waals surface area contributed by atoms with E-state index in [1.54, 1.807) is 18.2 Å². The lowest BCUT2D eigenvalue weighted by molar-refractivity contribution is 0.0211. The van der Waals surface area contributed by atoms with Crippen LogP contribution in [0.3, 0.4) is 0 Å². The van der Waals surface area contributed by atoms with E-state index >= 15 is 0 Å². The van der Waals surface area contributed by atoms with Crippen molar-refractivity contribution < 1.29 is 9.53 Å². The zero-order chi connectivity index (χ0) is 12.3. The predicted octanol–water partition coefficient (Wildman–Crippen LogP) is 4.12. The van der Waals surface area contributed by atoms with E-state index in [0.29, 0.717) is 15.5 Å². The van der Waals surface area contributed by atoms with Gasteiger partial charge in [-0.05, 0) is 43.9 Å². The molecule has 2 rings (SSSR count). The molecule has 1 saturated carbocycles. The molecule has 17 heavy (non-hydrogen) atoms. The normalized spacial score (nSPS) is 16.8. The average molecular weight is 271 g/mol. The summed E-state index contributed by atoms with van der Waals surface area (Å²) in [5.41, 5.74) is 0.407. The quantitative estimate of drug-likeness (QED) is 0.646. The molecule has 92 valence electrons. The number of hydrogen-bond donors (Lipinski definition) is 1. The summed E-state index contributed by atoms with van der Waals surface area (Å²) >= 11 is 10.2. The summed E-state index contributed by atoms with van der Waals surface area (Å²) in [5.74, 6) is -0.335. The summed E-state index contributed by atoms with van der Waals surface area (Å²) in [5, 5.41) is 0.420. The van der Waals surface area contributed by atoms with Gasteiger partial charge in [-0.15, -0.1) is 12.6 Å². The van der Waals surface area contributed by atoms with E-state index in [1.165, 1.54) is 6.42 Å². The number of benzene rings is 1. The lowest BCUT2D eigenvalue weighted by Gasteiger charge is -2.22. The molecular formula is C13H15ClO2S. The van der Waals surface area contributed by atoms with Crippen LogP contribution in [0.15, 0.2) is 23.1 Å². The molecule has 0 aliphatic heterocycles. The molecule has 1 aromatic carbocycles.